The second kappa shape index (κ2) is 7.68. The summed E-state index contributed by atoms with van der Waals surface area (Å²) >= 11 is 0. The fraction of sp³-hybridized carbons (Fsp3) is 0.611. The standard InChI is InChI=1S/C18H29N3O2/c1-4-14-13(5-6-16(19)22)11-15(12(2)3)18(23)17(14)21-9-7-20-8-10-21/h11-12,20,23H,4-10H2,1-3H3,(H2,19,22). The number of rotatable bonds is 6. The molecule has 1 fully saturated rings. The molecule has 0 atom stereocenters. The van der Waals surface area contributed by atoms with Crippen LogP contribution < -0.4 is 16.0 Å². The van der Waals surface area contributed by atoms with E-state index in [4.69, 9.17) is 5.73 Å². The Labute approximate surface area is 138 Å². The fourth-order valence-corrected chi connectivity index (χ4v) is 3.32. The summed E-state index contributed by atoms with van der Waals surface area (Å²) in [6.45, 7) is 9.88. The summed E-state index contributed by atoms with van der Waals surface area (Å²) in [5.41, 5.74) is 9.53. The highest BCUT2D eigenvalue weighted by molar-refractivity contribution is 5.75. The third-order valence-corrected chi connectivity index (χ3v) is 4.55. The molecule has 2 rings (SSSR count). The van der Waals surface area contributed by atoms with E-state index in [2.05, 4.69) is 37.1 Å². The Balaban J connectivity index is 2.52. The van der Waals surface area contributed by atoms with Gasteiger partial charge in [0, 0.05) is 32.6 Å². The number of nitrogens with two attached hydrogens (primary N) is 1. The van der Waals surface area contributed by atoms with Gasteiger partial charge in [-0.2, -0.15) is 0 Å². The van der Waals surface area contributed by atoms with Crippen LogP contribution in [0.5, 0.6) is 5.75 Å². The number of benzene rings is 1. The number of hydrogen-bond donors (Lipinski definition) is 3. The van der Waals surface area contributed by atoms with Crippen molar-refractivity contribution >= 4 is 11.6 Å². The second-order valence-corrected chi connectivity index (χ2v) is 6.51. The second-order valence-electron chi connectivity index (χ2n) is 6.51. The Bertz CT molecular complexity index is 564. The van der Waals surface area contributed by atoms with E-state index in [1.807, 2.05) is 0 Å². The van der Waals surface area contributed by atoms with E-state index in [-0.39, 0.29) is 11.8 Å². The highest BCUT2D eigenvalue weighted by atomic mass is 16.3. The topological polar surface area (TPSA) is 78.6 Å². The van der Waals surface area contributed by atoms with Gasteiger partial charge in [0.15, 0.2) is 0 Å². The van der Waals surface area contributed by atoms with Gasteiger partial charge in [0.25, 0.3) is 0 Å². The minimum atomic E-state index is -0.282. The number of amides is 1. The van der Waals surface area contributed by atoms with Crippen LogP contribution >= 0.6 is 0 Å². The molecule has 1 aromatic rings. The maximum absolute atomic E-state index is 11.2. The molecule has 128 valence electrons. The maximum Gasteiger partial charge on any atom is 0.217 e. The van der Waals surface area contributed by atoms with Gasteiger partial charge in [-0.05, 0) is 35.4 Å². The molecule has 4 N–H and O–H groups in total. The number of aromatic hydroxyl groups is 1. The Hall–Kier alpha value is -1.75. The fourth-order valence-electron chi connectivity index (χ4n) is 3.32. The minimum absolute atomic E-state index is 0.231. The first-order valence-corrected chi connectivity index (χ1v) is 8.57. The molecule has 5 nitrogen and oxygen atoms in total. The van der Waals surface area contributed by atoms with Crippen molar-refractivity contribution in [2.45, 2.75) is 46.0 Å². The predicted octanol–water partition coefficient (Wildman–Crippen LogP) is 1.91. The molecule has 0 unspecified atom stereocenters. The lowest BCUT2D eigenvalue weighted by Crippen LogP contribution is -2.44. The average Bonchev–Trinajstić information content (AvgIpc) is 2.53. The highest BCUT2D eigenvalue weighted by Crippen LogP contribution is 2.41. The lowest BCUT2D eigenvalue weighted by atomic mass is 9.90. The van der Waals surface area contributed by atoms with E-state index >= 15 is 0 Å². The first kappa shape index (κ1) is 17.6. The molecule has 1 aliphatic rings. The van der Waals surface area contributed by atoms with Crippen LogP contribution in [0.4, 0.5) is 5.69 Å². The molecule has 0 aliphatic carbocycles. The molecule has 0 radical (unpaired) electrons. The number of aryl methyl sites for hydroxylation is 1. The van der Waals surface area contributed by atoms with Crippen molar-refractivity contribution in [1.82, 2.24) is 5.32 Å². The largest absolute Gasteiger partial charge is 0.505 e. The average molecular weight is 319 g/mol. The molecular formula is C18H29N3O2. The van der Waals surface area contributed by atoms with Crippen molar-refractivity contribution in [3.8, 4) is 5.75 Å². The van der Waals surface area contributed by atoms with Crippen LogP contribution in [-0.4, -0.2) is 37.2 Å². The predicted molar refractivity (Wildman–Crippen MR) is 94.2 cm³/mol. The summed E-state index contributed by atoms with van der Waals surface area (Å²) in [4.78, 5) is 13.5. The van der Waals surface area contributed by atoms with E-state index in [0.29, 0.717) is 18.6 Å². The van der Waals surface area contributed by atoms with Gasteiger partial charge in [-0.3, -0.25) is 4.79 Å². The first-order valence-electron chi connectivity index (χ1n) is 8.57. The van der Waals surface area contributed by atoms with Crippen LogP contribution in [0.25, 0.3) is 0 Å². The van der Waals surface area contributed by atoms with Gasteiger partial charge in [0.1, 0.15) is 5.75 Å². The number of nitrogens with zero attached hydrogens (tertiary/aromatic N) is 1. The highest BCUT2D eigenvalue weighted by Gasteiger charge is 2.23. The van der Waals surface area contributed by atoms with E-state index in [9.17, 15) is 9.90 Å². The molecule has 5 heteroatoms. The van der Waals surface area contributed by atoms with Gasteiger partial charge in [0.05, 0.1) is 5.69 Å². The number of phenols is 1. The van der Waals surface area contributed by atoms with Gasteiger partial charge in [-0.15, -0.1) is 0 Å². The molecule has 0 spiro atoms. The summed E-state index contributed by atoms with van der Waals surface area (Å²) in [5.74, 6) is 0.353. The van der Waals surface area contributed by atoms with Gasteiger partial charge < -0.3 is 21.1 Å². The van der Waals surface area contributed by atoms with E-state index in [0.717, 1.165) is 55.0 Å². The van der Waals surface area contributed by atoms with Crippen molar-refractivity contribution in [1.29, 1.82) is 0 Å². The van der Waals surface area contributed by atoms with Gasteiger partial charge in [-0.1, -0.05) is 26.8 Å². The summed E-state index contributed by atoms with van der Waals surface area (Å²) in [6.07, 6.45) is 1.81. The van der Waals surface area contributed by atoms with Crippen molar-refractivity contribution < 1.29 is 9.90 Å². The van der Waals surface area contributed by atoms with Gasteiger partial charge in [-0.25, -0.2) is 0 Å². The number of nitrogens with one attached hydrogen (secondary N) is 1. The van der Waals surface area contributed by atoms with Crippen molar-refractivity contribution in [2.75, 3.05) is 31.1 Å². The van der Waals surface area contributed by atoms with Crippen LogP contribution in [0.15, 0.2) is 6.07 Å². The third kappa shape index (κ3) is 3.96. The summed E-state index contributed by atoms with van der Waals surface area (Å²) < 4.78 is 0. The normalized spacial score (nSPS) is 15.2. The van der Waals surface area contributed by atoms with Crippen LogP contribution in [-0.2, 0) is 17.6 Å². The number of hydrogen-bond acceptors (Lipinski definition) is 4. The number of piperazine rings is 1. The number of phenolic OH excluding ortho intramolecular Hbond substituents is 1. The minimum Gasteiger partial charge on any atom is -0.505 e. The summed E-state index contributed by atoms with van der Waals surface area (Å²) in [6, 6.07) is 2.06. The SMILES string of the molecule is CCc1c(CCC(N)=O)cc(C(C)C)c(O)c1N1CCNCC1. The number of anilines is 1. The molecule has 1 saturated heterocycles. The first-order chi connectivity index (χ1) is 11.0. The lowest BCUT2D eigenvalue weighted by Gasteiger charge is -2.33. The van der Waals surface area contributed by atoms with Gasteiger partial charge in [0.2, 0.25) is 5.91 Å². The van der Waals surface area contributed by atoms with Crippen molar-refractivity contribution in [3.63, 3.8) is 0 Å². The Morgan fingerprint density at radius 1 is 1.39 bits per heavy atom. The molecule has 0 bridgehead atoms. The number of carbonyl (C=O) groups excluding carboxylic acids is 1. The number of carbonyl (C=O) groups is 1. The van der Waals surface area contributed by atoms with E-state index < -0.39 is 0 Å². The molecule has 23 heavy (non-hydrogen) atoms. The Morgan fingerprint density at radius 2 is 2.04 bits per heavy atom. The Morgan fingerprint density at radius 3 is 2.57 bits per heavy atom. The molecule has 1 aliphatic heterocycles. The van der Waals surface area contributed by atoms with E-state index in [1.54, 1.807) is 0 Å². The molecule has 1 amide bonds. The van der Waals surface area contributed by atoms with E-state index in [1.165, 1.54) is 0 Å². The number of primary amides is 1. The quantitative estimate of drug-likeness (QED) is 0.748. The smallest absolute Gasteiger partial charge is 0.217 e. The van der Waals surface area contributed by atoms with Crippen LogP contribution in [0, 0.1) is 0 Å². The van der Waals surface area contributed by atoms with Crippen LogP contribution in [0.3, 0.4) is 0 Å². The third-order valence-electron chi connectivity index (χ3n) is 4.55. The monoisotopic (exact) mass is 319 g/mol. The van der Waals surface area contributed by atoms with Crippen LogP contribution in [0.2, 0.25) is 0 Å². The lowest BCUT2D eigenvalue weighted by molar-refractivity contribution is -0.117. The molecular weight excluding hydrogens is 290 g/mol. The molecule has 0 aromatic heterocycles. The molecule has 0 saturated carbocycles. The zero-order valence-corrected chi connectivity index (χ0v) is 14.5. The van der Waals surface area contributed by atoms with Gasteiger partial charge >= 0.3 is 0 Å². The molecule has 1 aromatic carbocycles. The van der Waals surface area contributed by atoms with Crippen molar-refractivity contribution in [3.05, 3.63) is 22.8 Å². The summed E-state index contributed by atoms with van der Waals surface area (Å²) in [7, 11) is 0. The van der Waals surface area contributed by atoms with Crippen LogP contribution in [0.1, 0.15) is 49.8 Å². The van der Waals surface area contributed by atoms with Crippen molar-refractivity contribution in [2.24, 2.45) is 5.73 Å². The Kier molecular flexibility index (Phi) is 5.88. The zero-order valence-electron chi connectivity index (χ0n) is 14.5. The zero-order chi connectivity index (χ0) is 17.0. The maximum atomic E-state index is 11.2. The summed E-state index contributed by atoms with van der Waals surface area (Å²) in [5, 5.41) is 14.2. The molecule has 1 heterocycles.